The van der Waals surface area contributed by atoms with E-state index in [1.807, 2.05) is 6.20 Å². The van der Waals surface area contributed by atoms with E-state index in [1.165, 1.54) is 0 Å². The standard InChI is InChI=1S/C14H24N4/c1-4-12(2)16-13-5-6-14(15-11-13)18-9-7-17(3)8-10-18/h5-6,11-12,16H,4,7-10H2,1-3H3/t12-/m0/s1. The molecule has 1 fully saturated rings. The summed E-state index contributed by atoms with van der Waals surface area (Å²) in [4.78, 5) is 9.27. The number of nitrogens with one attached hydrogen (secondary N) is 1. The third-order valence-electron chi connectivity index (χ3n) is 3.60. The number of aromatic nitrogens is 1. The maximum Gasteiger partial charge on any atom is 0.128 e. The van der Waals surface area contributed by atoms with Gasteiger partial charge in [0.25, 0.3) is 0 Å². The average Bonchev–Trinajstić information content (AvgIpc) is 2.40. The minimum absolute atomic E-state index is 0.501. The highest BCUT2D eigenvalue weighted by Crippen LogP contribution is 2.16. The van der Waals surface area contributed by atoms with Crippen molar-refractivity contribution >= 4 is 11.5 Å². The molecular weight excluding hydrogens is 224 g/mol. The summed E-state index contributed by atoms with van der Waals surface area (Å²) in [6, 6.07) is 4.75. The van der Waals surface area contributed by atoms with E-state index in [4.69, 9.17) is 0 Å². The van der Waals surface area contributed by atoms with Gasteiger partial charge in [-0.05, 0) is 32.5 Å². The summed E-state index contributed by atoms with van der Waals surface area (Å²) in [5.74, 6) is 1.10. The molecule has 1 saturated heterocycles. The molecule has 1 atom stereocenters. The zero-order valence-corrected chi connectivity index (χ0v) is 11.7. The Kier molecular flexibility index (Phi) is 4.42. The molecule has 0 aliphatic carbocycles. The zero-order valence-electron chi connectivity index (χ0n) is 11.7. The van der Waals surface area contributed by atoms with Gasteiger partial charge in [0.1, 0.15) is 5.82 Å². The van der Waals surface area contributed by atoms with E-state index >= 15 is 0 Å². The first kappa shape index (κ1) is 13.1. The molecule has 1 aliphatic heterocycles. The van der Waals surface area contributed by atoms with Crippen LogP contribution in [0.25, 0.3) is 0 Å². The van der Waals surface area contributed by atoms with Crippen LogP contribution in [0.3, 0.4) is 0 Å². The Labute approximate surface area is 110 Å². The second kappa shape index (κ2) is 6.05. The van der Waals surface area contributed by atoms with Crippen LogP contribution in [-0.4, -0.2) is 49.2 Å². The number of anilines is 2. The van der Waals surface area contributed by atoms with E-state index in [9.17, 15) is 0 Å². The molecule has 0 saturated carbocycles. The monoisotopic (exact) mass is 248 g/mol. The van der Waals surface area contributed by atoms with Crippen LogP contribution in [0.15, 0.2) is 18.3 Å². The average molecular weight is 248 g/mol. The summed E-state index contributed by atoms with van der Waals surface area (Å²) in [5, 5.41) is 3.44. The topological polar surface area (TPSA) is 31.4 Å². The summed E-state index contributed by atoms with van der Waals surface area (Å²) in [7, 11) is 2.17. The van der Waals surface area contributed by atoms with Gasteiger partial charge >= 0.3 is 0 Å². The molecule has 1 aliphatic rings. The van der Waals surface area contributed by atoms with Crippen LogP contribution in [0.1, 0.15) is 20.3 Å². The predicted molar refractivity (Wildman–Crippen MR) is 77.3 cm³/mol. The number of hydrogen-bond acceptors (Lipinski definition) is 4. The van der Waals surface area contributed by atoms with Crippen molar-refractivity contribution in [2.75, 3.05) is 43.4 Å². The van der Waals surface area contributed by atoms with Crippen molar-refractivity contribution in [3.63, 3.8) is 0 Å². The molecule has 4 heteroatoms. The normalized spacial score (nSPS) is 18.7. The highest BCUT2D eigenvalue weighted by atomic mass is 15.3. The van der Waals surface area contributed by atoms with Crippen molar-refractivity contribution in [2.45, 2.75) is 26.3 Å². The number of likely N-dealkylation sites (N-methyl/N-ethyl adjacent to an activating group) is 1. The van der Waals surface area contributed by atoms with Gasteiger partial charge in [-0.25, -0.2) is 4.98 Å². The Morgan fingerprint density at radius 2 is 2.00 bits per heavy atom. The third-order valence-corrected chi connectivity index (χ3v) is 3.60. The lowest BCUT2D eigenvalue weighted by Crippen LogP contribution is -2.44. The summed E-state index contributed by atoms with van der Waals surface area (Å²) in [5.41, 5.74) is 1.11. The molecule has 1 aromatic rings. The smallest absolute Gasteiger partial charge is 0.128 e. The third kappa shape index (κ3) is 3.35. The van der Waals surface area contributed by atoms with E-state index in [-0.39, 0.29) is 0 Å². The van der Waals surface area contributed by atoms with Crippen LogP contribution < -0.4 is 10.2 Å². The number of nitrogens with zero attached hydrogens (tertiary/aromatic N) is 3. The number of rotatable bonds is 4. The van der Waals surface area contributed by atoms with E-state index in [2.05, 4.69) is 53.1 Å². The van der Waals surface area contributed by atoms with E-state index < -0.39 is 0 Å². The Morgan fingerprint density at radius 1 is 1.28 bits per heavy atom. The Balaban J connectivity index is 1.95. The van der Waals surface area contributed by atoms with Gasteiger partial charge in [0, 0.05) is 32.2 Å². The van der Waals surface area contributed by atoms with Crippen LogP contribution in [0, 0.1) is 0 Å². The molecule has 0 amide bonds. The lowest BCUT2D eigenvalue weighted by atomic mass is 10.2. The predicted octanol–water partition coefficient (Wildman–Crippen LogP) is 2.04. The first-order valence-corrected chi connectivity index (χ1v) is 6.85. The highest BCUT2D eigenvalue weighted by Gasteiger charge is 2.14. The molecule has 0 radical (unpaired) electrons. The zero-order chi connectivity index (χ0) is 13.0. The molecule has 1 N–H and O–H groups in total. The van der Waals surface area contributed by atoms with Crippen molar-refractivity contribution in [1.82, 2.24) is 9.88 Å². The van der Waals surface area contributed by atoms with Gasteiger partial charge in [-0.15, -0.1) is 0 Å². The lowest BCUT2D eigenvalue weighted by molar-refractivity contribution is 0.312. The molecule has 0 spiro atoms. The maximum absolute atomic E-state index is 4.56. The van der Waals surface area contributed by atoms with Gasteiger partial charge in [0.15, 0.2) is 0 Å². The molecule has 0 unspecified atom stereocenters. The van der Waals surface area contributed by atoms with Crippen molar-refractivity contribution in [2.24, 2.45) is 0 Å². The molecule has 100 valence electrons. The fraction of sp³-hybridized carbons (Fsp3) is 0.643. The number of pyridine rings is 1. The molecule has 1 aromatic heterocycles. The van der Waals surface area contributed by atoms with Crippen molar-refractivity contribution in [3.05, 3.63) is 18.3 Å². The first-order valence-electron chi connectivity index (χ1n) is 6.85. The SMILES string of the molecule is CC[C@H](C)Nc1ccc(N2CCN(C)CC2)nc1. The minimum Gasteiger partial charge on any atom is -0.381 e. The second-order valence-electron chi connectivity index (χ2n) is 5.15. The lowest BCUT2D eigenvalue weighted by Gasteiger charge is -2.33. The summed E-state index contributed by atoms with van der Waals surface area (Å²) < 4.78 is 0. The Bertz CT molecular complexity index is 355. The maximum atomic E-state index is 4.56. The Morgan fingerprint density at radius 3 is 2.56 bits per heavy atom. The fourth-order valence-corrected chi connectivity index (χ4v) is 2.08. The quantitative estimate of drug-likeness (QED) is 0.883. The summed E-state index contributed by atoms with van der Waals surface area (Å²) in [6.07, 6.45) is 3.07. The van der Waals surface area contributed by atoms with Crippen molar-refractivity contribution in [1.29, 1.82) is 0 Å². The first-order chi connectivity index (χ1) is 8.69. The largest absolute Gasteiger partial charge is 0.381 e. The van der Waals surface area contributed by atoms with Crippen molar-refractivity contribution in [3.8, 4) is 0 Å². The fourth-order valence-electron chi connectivity index (χ4n) is 2.08. The van der Waals surface area contributed by atoms with Gasteiger partial charge in [0.2, 0.25) is 0 Å². The van der Waals surface area contributed by atoms with E-state index in [0.29, 0.717) is 6.04 Å². The van der Waals surface area contributed by atoms with Gasteiger partial charge in [0.05, 0.1) is 11.9 Å². The second-order valence-corrected chi connectivity index (χ2v) is 5.15. The molecular formula is C14H24N4. The van der Waals surface area contributed by atoms with Crippen LogP contribution in [-0.2, 0) is 0 Å². The molecule has 0 bridgehead atoms. The van der Waals surface area contributed by atoms with Crippen LogP contribution in [0.5, 0.6) is 0 Å². The molecule has 2 rings (SSSR count). The Hall–Kier alpha value is -1.29. The van der Waals surface area contributed by atoms with Crippen LogP contribution in [0.2, 0.25) is 0 Å². The summed E-state index contributed by atoms with van der Waals surface area (Å²) in [6.45, 7) is 8.75. The molecule has 4 nitrogen and oxygen atoms in total. The summed E-state index contributed by atoms with van der Waals surface area (Å²) >= 11 is 0. The van der Waals surface area contributed by atoms with E-state index in [0.717, 1.165) is 44.1 Å². The van der Waals surface area contributed by atoms with Gasteiger partial charge in [-0.3, -0.25) is 0 Å². The van der Waals surface area contributed by atoms with Crippen LogP contribution in [0.4, 0.5) is 11.5 Å². The van der Waals surface area contributed by atoms with E-state index in [1.54, 1.807) is 0 Å². The minimum atomic E-state index is 0.501. The highest BCUT2D eigenvalue weighted by molar-refractivity contribution is 5.49. The molecule has 2 heterocycles. The van der Waals surface area contributed by atoms with Gasteiger partial charge < -0.3 is 15.1 Å². The molecule has 0 aromatic carbocycles. The van der Waals surface area contributed by atoms with Gasteiger partial charge in [-0.2, -0.15) is 0 Å². The number of hydrogen-bond donors (Lipinski definition) is 1. The van der Waals surface area contributed by atoms with Gasteiger partial charge in [-0.1, -0.05) is 6.92 Å². The molecule has 18 heavy (non-hydrogen) atoms. The van der Waals surface area contributed by atoms with Crippen molar-refractivity contribution < 1.29 is 0 Å². The number of piperazine rings is 1. The van der Waals surface area contributed by atoms with Crippen LogP contribution >= 0.6 is 0 Å².